The summed E-state index contributed by atoms with van der Waals surface area (Å²) in [5, 5.41) is 0. The summed E-state index contributed by atoms with van der Waals surface area (Å²) in [7, 11) is 0. The third-order valence-corrected chi connectivity index (χ3v) is 0. The summed E-state index contributed by atoms with van der Waals surface area (Å²) in [4.78, 5) is 0. The molecule has 3 heteroatoms. The maximum absolute atomic E-state index is 7.76. The van der Waals surface area contributed by atoms with Crippen LogP contribution in [-0.4, -0.2) is 23.5 Å². The van der Waals surface area contributed by atoms with E-state index in [-0.39, 0.29) is 0 Å². The standard InChI is InChI=1S/CH5AsO2/c1-2(3)4/h3-4H,1H3. The minimum absolute atomic E-state index is 1.42. The molecule has 0 aromatic rings. The Morgan fingerprint density at radius 1 is 1.50 bits per heavy atom. The van der Waals surface area contributed by atoms with E-state index < -0.39 is 15.3 Å². The zero-order valence-corrected chi connectivity index (χ0v) is 4.22. The van der Waals surface area contributed by atoms with Gasteiger partial charge in [0.05, 0.1) is 0 Å². The van der Waals surface area contributed by atoms with Gasteiger partial charge in [0, 0.05) is 0 Å². The summed E-state index contributed by atoms with van der Waals surface area (Å²) in [5.41, 5.74) is 1.42. The Hall–Kier alpha value is 0.478. The van der Waals surface area contributed by atoms with Gasteiger partial charge < -0.3 is 0 Å². The zero-order valence-electron chi connectivity index (χ0n) is 2.34. The van der Waals surface area contributed by atoms with E-state index in [4.69, 9.17) is 8.19 Å². The van der Waals surface area contributed by atoms with E-state index in [0.717, 1.165) is 0 Å². The molecule has 0 rings (SSSR count). The average molecular weight is 124 g/mol. The summed E-state index contributed by atoms with van der Waals surface area (Å²) < 4.78 is 15.5. The van der Waals surface area contributed by atoms with Crippen LogP contribution in [0.15, 0.2) is 0 Å². The zero-order chi connectivity index (χ0) is 3.58. The first-order valence-electron chi connectivity index (χ1n) is 0.847. The van der Waals surface area contributed by atoms with Gasteiger partial charge in [-0.05, 0) is 0 Å². The second-order valence-corrected chi connectivity index (χ2v) is 2.54. The topological polar surface area (TPSA) is 40.5 Å². The van der Waals surface area contributed by atoms with Crippen LogP contribution in [0.25, 0.3) is 0 Å². The summed E-state index contributed by atoms with van der Waals surface area (Å²) in [6, 6.07) is 0. The van der Waals surface area contributed by atoms with Crippen molar-refractivity contribution in [2.45, 2.75) is 5.71 Å². The van der Waals surface area contributed by atoms with E-state index in [1.165, 1.54) is 5.71 Å². The van der Waals surface area contributed by atoms with Gasteiger partial charge in [-0.25, -0.2) is 0 Å². The molecule has 26 valence electrons. The van der Waals surface area contributed by atoms with E-state index in [2.05, 4.69) is 0 Å². The summed E-state index contributed by atoms with van der Waals surface area (Å²) >= 11 is -2.19. The van der Waals surface area contributed by atoms with Crippen LogP contribution in [0.4, 0.5) is 0 Å². The molecule has 2 nitrogen and oxygen atoms in total. The van der Waals surface area contributed by atoms with Crippen molar-refractivity contribution >= 4 is 15.3 Å². The predicted octanol–water partition coefficient (Wildman–Crippen LogP) is -0.911. The number of hydrogen-bond donors (Lipinski definition) is 2. The third kappa shape index (κ3) is 23.7. The quantitative estimate of drug-likeness (QED) is 0.410. The van der Waals surface area contributed by atoms with Crippen LogP contribution in [0.2, 0.25) is 5.71 Å². The van der Waals surface area contributed by atoms with Gasteiger partial charge in [-0.1, -0.05) is 0 Å². The third-order valence-electron chi connectivity index (χ3n) is 0. The van der Waals surface area contributed by atoms with Gasteiger partial charge in [0.2, 0.25) is 0 Å². The Kier molecular flexibility index (Phi) is 1.98. The van der Waals surface area contributed by atoms with Gasteiger partial charge >= 0.3 is 29.2 Å². The first-order valence-corrected chi connectivity index (χ1v) is 4.40. The molecule has 0 saturated heterocycles. The van der Waals surface area contributed by atoms with E-state index in [1.807, 2.05) is 0 Å². The second kappa shape index (κ2) is 1.77. The molecule has 0 fully saturated rings. The Morgan fingerprint density at radius 2 is 1.50 bits per heavy atom. The Morgan fingerprint density at radius 3 is 1.50 bits per heavy atom. The van der Waals surface area contributed by atoms with Crippen LogP contribution in [0.3, 0.4) is 0 Å². The Labute approximate surface area is 30.0 Å². The van der Waals surface area contributed by atoms with Gasteiger partial charge in [-0.3, -0.25) is 0 Å². The number of hydrogen-bond acceptors (Lipinski definition) is 2. The fraction of sp³-hybridized carbons (Fsp3) is 1.00. The fourth-order valence-corrected chi connectivity index (χ4v) is 0. The molecule has 0 aromatic heterocycles. The SMILES string of the molecule is C[As](O)O. The molecule has 4 heavy (non-hydrogen) atoms. The van der Waals surface area contributed by atoms with Crippen molar-refractivity contribution in [3.05, 3.63) is 0 Å². The molecule has 0 radical (unpaired) electrons. The summed E-state index contributed by atoms with van der Waals surface area (Å²) in [6.45, 7) is 0. The van der Waals surface area contributed by atoms with Gasteiger partial charge in [-0.15, -0.1) is 0 Å². The molecular formula is CH5AsO2. The van der Waals surface area contributed by atoms with Gasteiger partial charge in [0.25, 0.3) is 0 Å². The van der Waals surface area contributed by atoms with Crippen LogP contribution in [0.1, 0.15) is 0 Å². The van der Waals surface area contributed by atoms with Crippen molar-refractivity contribution in [3.63, 3.8) is 0 Å². The fourth-order valence-electron chi connectivity index (χ4n) is 0. The molecule has 0 bridgehead atoms. The van der Waals surface area contributed by atoms with Crippen LogP contribution >= 0.6 is 0 Å². The van der Waals surface area contributed by atoms with Gasteiger partial charge in [0.15, 0.2) is 0 Å². The molecule has 0 saturated carbocycles. The van der Waals surface area contributed by atoms with E-state index in [0.29, 0.717) is 0 Å². The normalized spacial score (nSPS) is 9.00. The van der Waals surface area contributed by atoms with Crippen molar-refractivity contribution in [1.82, 2.24) is 0 Å². The molecule has 0 aliphatic rings. The monoisotopic (exact) mass is 124 g/mol. The molecule has 0 aromatic carbocycles. The van der Waals surface area contributed by atoms with Gasteiger partial charge in [-0.2, -0.15) is 0 Å². The molecule has 0 amide bonds. The van der Waals surface area contributed by atoms with Crippen LogP contribution < -0.4 is 0 Å². The Balaban J connectivity index is 2.32. The van der Waals surface area contributed by atoms with E-state index >= 15 is 0 Å². The van der Waals surface area contributed by atoms with E-state index in [9.17, 15) is 0 Å². The van der Waals surface area contributed by atoms with Crippen LogP contribution in [-0.2, 0) is 0 Å². The number of rotatable bonds is 0. The molecule has 2 N–H and O–H groups in total. The first kappa shape index (κ1) is 4.48. The molecule has 0 aliphatic carbocycles. The molecule has 0 aliphatic heterocycles. The van der Waals surface area contributed by atoms with Crippen molar-refractivity contribution in [1.29, 1.82) is 0 Å². The first-order chi connectivity index (χ1) is 1.73. The Bertz CT molecular complexity index is 10.8. The molecule has 0 atom stereocenters. The molecule has 0 unspecified atom stereocenters. The van der Waals surface area contributed by atoms with Gasteiger partial charge in [0.1, 0.15) is 0 Å². The molecular weight excluding hydrogens is 119 g/mol. The predicted molar refractivity (Wildman–Crippen MR) is 16.1 cm³/mol. The van der Waals surface area contributed by atoms with Crippen LogP contribution in [0.5, 0.6) is 0 Å². The van der Waals surface area contributed by atoms with Crippen molar-refractivity contribution < 1.29 is 8.19 Å². The summed E-state index contributed by atoms with van der Waals surface area (Å²) in [5.74, 6) is 0. The van der Waals surface area contributed by atoms with Crippen LogP contribution in [0, 0.1) is 0 Å². The molecule has 0 spiro atoms. The maximum atomic E-state index is 7.76. The van der Waals surface area contributed by atoms with E-state index in [1.54, 1.807) is 0 Å². The minimum atomic E-state index is -2.19. The molecule has 0 heterocycles. The van der Waals surface area contributed by atoms with Crippen molar-refractivity contribution in [3.8, 4) is 0 Å². The second-order valence-electron chi connectivity index (χ2n) is 0.489. The summed E-state index contributed by atoms with van der Waals surface area (Å²) in [6.07, 6.45) is 0. The van der Waals surface area contributed by atoms with Crippen molar-refractivity contribution in [2.24, 2.45) is 0 Å². The average Bonchev–Trinajstić information content (AvgIpc) is 0.811. The van der Waals surface area contributed by atoms with Crippen molar-refractivity contribution in [2.75, 3.05) is 0 Å².